The van der Waals surface area contributed by atoms with Crippen LogP contribution in [0.25, 0.3) is 0 Å². The maximum absolute atomic E-state index is 12.7. The van der Waals surface area contributed by atoms with E-state index in [0.717, 1.165) is 28.6 Å². The Balaban J connectivity index is 2.34. The van der Waals surface area contributed by atoms with Crippen molar-refractivity contribution in [2.75, 3.05) is 22.9 Å². The van der Waals surface area contributed by atoms with Gasteiger partial charge in [0.2, 0.25) is 10.0 Å². The molecule has 6 heteroatoms. The van der Waals surface area contributed by atoms with Crippen LogP contribution in [0.2, 0.25) is 0 Å². The summed E-state index contributed by atoms with van der Waals surface area (Å²) in [6.07, 6.45) is 1.15. The van der Waals surface area contributed by atoms with E-state index in [9.17, 15) is 13.2 Å². The summed E-state index contributed by atoms with van der Waals surface area (Å²) in [5, 5.41) is 3.01. The molecule has 0 unspecified atom stereocenters. The van der Waals surface area contributed by atoms with Crippen LogP contribution in [0.1, 0.15) is 46.8 Å². The van der Waals surface area contributed by atoms with Crippen molar-refractivity contribution in [1.29, 1.82) is 0 Å². The number of rotatable bonds is 5. The van der Waals surface area contributed by atoms with Crippen molar-refractivity contribution in [3.05, 3.63) is 58.7 Å². The van der Waals surface area contributed by atoms with E-state index in [2.05, 4.69) is 19.2 Å². The SMILES string of the molecule is Cc1cc(C(=O)Nc2c(C)cccc2C(C)C)ccc1N(C)S(C)(=O)=O. The molecule has 140 valence electrons. The average Bonchev–Trinajstić information content (AvgIpc) is 2.54. The van der Waals surface area contributed by atoms with Gasteiger partial charge < -0.3 is 5.32 Å². The molecule has 5 nitrogen and oxygen atoms in total. The molecule has 1 N–H and O–H groups in total. The Morgan fingerprint density at radius 3 is 2.27 bits per heavy atom. The minimum Gasteiger partial charge on any atom is -0.321 e. The second-order valence-electron chi connectivity index (χ2n) is 6.88. The summed E-state index contributed by atoms with van der Waals surface area (Å²) in [6.45, 7) is 7.94. The minimum absolute atomic E-state index is 0.210. The van der Waals surface area contributed by atoms with Gasteiger partial charge in [0.25, 0.3) is 5.91 Å². The van der Waals surface area contributed by atoms with Crippen LogP contribution >= 0.6 is 0 Å². The Labute approximate surface area is 156 Å². The second-order valence-corrected chi connectivity index (χ2v) is 8.89. The molecule has 0 aliphatic heterocycles. The molecule has 0 spiro atoms. The molecule has 0 atom stereocenters. The highest BCUT2D eigenvalue weighted by molar-refractivity contribution is 7.92. The molecule has 0 aliphatic carbocycles. The quantitative estimate of drug-likeness (QED) is 0.858. The van der Waals surface area contributed by atoms with Crippen molar-refractivity contribution >= 4 is 27.3 Å². The van der Waals surface area contributed by atoms with Gasteiger partial charge in [-0.2, -0.15) is 0 Å². The monoisotopic (exact) mass is 374 g/mol. The number of hydrogen-bond acceptors (Lipinski definition) is 3. The van der Waals surface area contributed by atoms with E-state index in [4.69, 9.17) is 0 Å². The van der Waals surface area contributed by atoms with Crippen LogP contribution in [0.5, 0.6) is 0 Å². The number of anilines is 2. The van der Waals surface area contributed by atoms with Crippen LogP contribution in [-0.4, -0.2) is 27.6 Å². The summed E-state index contributed by atoms with van der Waals surface area (Å²) in [7, 11) is -1.85. The van der Waals surface area contributed by atoms with Crippen molar-refractivity contribution in [2.24, 2.45) is 0 Å². The van der Waals surface area contributed by atoms with Crippen LogP contribution in [0.3, 0.4) is 0 Å². The first-order chi connectivity index (χ1) is 12.0. The molecule has 0 saturated carbocycles. The van der Waals surface area contributed by atoms with Gasteiger partial charge in [-0.25, -0.2) is 8.42 Å². The lowest BCUT2D eigenvalue weighted by atomic mass is 9.98. The largest absolute Gasteiger partial charge is 0.321 e. The predicted molar refractivity (Wildman–Crippen MR) is 108 cm³/mol. The van der Waals surface area contributed by atoms with Gasteiger partial charge in [0, 0.05) is 18.3 Å². The van der Waals surface area contributed by atoms with Gasteiger partial charge in [-0.05, 0) is 54.7 Å². The van der Waals surface area contributed by atoms with E-state index in [1.807, 2.05) is 25.1 Å². The van der Waals surface area contributed by atoms with E-state index in [0.29, 0.717) is 11.3 Å². The van der Waals surface area contributed by atoms with Crippen molar-refractivity contribution in [3.63, 3.8) is 0 Å². The number of aryl methyl sites for hydroxylation is 2. The Morgan fingerprint density at radius 2 is 1.73 bits per heavy atom. The van der Waals surface area contributed by atoms with Crippen molar-refractivity contribution in [3.8, 4) is 0 Å². The molecular formula is C20H26N2O3S. The molecule has 0 radical (unpaired) electrons. The fourth-order valence-electron chi connectivity index (χ4n) is 2.86. The van der Waals surface area contributed by atoms with E-state index >= 15 is 0 Å². The minimum atomic E-state index is -3.35. The zero-order valence-corrected chi connectivity index (χ0v) is 16.9. The maximum Gasteiger partial charge on any atom is 0.255 e. The molecule has 0 aromatic heterocycles. The molecule has 0 bridgehead atoms. The van der Waals surface area contributed by atoms with Gasteiger partial charge >= 0.3 is 0 Å². The Morgan fingerprint density at radius 1 is 1.08 bits per heavy atom. The summed E-state index contributed by atoms with van der Waals surface area (Å²) < 4.78 is 24.7. The van der Waals surface area contributed by atoms with Crippen molar-refractivity contribution in [2.45, 2.75) is 33.6 Å². The molecule has 2 rings (SSSR count). The number of nitrogens with one attached hydrogen (secondary N) is 1. The van der Waals surface area contributed by atoms with Crippen LogP contribution in [0.4, 0.5) is 11.4 Å². The number of nitrogens with zero attached hydrogens (tertiary/aromatic N) is 1. The maximum atomic E-state index is 12.7. The summed E-state index contributed by atoms with van der Waals surface area (Å²) in [6, 6.07) is 11.0. The van der Waals surface area contributed by atoms with E-state index in [-0.39, 0.29) is 11.8 Å². The first-order valence-corrected chi connectivity index (χ1v) is 10.3. The molecular weight excluding hydrogens is 348 g/mol. The molecule has 2 aromatic carbocycles. The number of benzene rings is 2. The number of carbonyl (C=O) groups excluding carboxylic acids is 1. The predicted octanol–water partition coefficient (Wildman–Crippen LogP) is 4.07. The lowest BCUT2D eigenvalue weighted by molar-refractivity contribution is 0.102. The second kappa shape index (κ2) is 7.50. The summed E-state index contributed by atoms with van der Waals surface area (Å²) >= 11 is 0. The van der Waals surface area contributed by atoms with E-state index < -0.39 is 10.0 Å². The molecule has 0 heterocycles. The normalized spacial score (nSPS) is 11.5. The molecule has 1 amide bonds. The lowest BCUT2D eigenvalue weighted by Gasteiger charge is -2.20. The number of hydrogen-bond donors (Lipinski definition) is 1. The average molecular weight is 375 g/mol. The Kier molecular flexibility index (Phi) is 5.76. The Hall–Kier alpha value is -2.34. The van der Waals surface area contributed by atoms with Crippen molar-refractivity contribution < 1.29 is 13.2 Å². The summed E-state index contributed by atoms with van der Waals surface area (Å²) in [5.41, 5.74) is 4.70. The summed E-state index contributed by atoms with van der Waals surface area (Å²) in [5.74, 6) is 0.0792. The fourth-order valence-corrected chi connectivity index (χ4v) is 3.42. The van der Waals surface area contributed by atoms with Crippen LogP contribution in [-0.2, 0) is 10.0 Å². The van der Waals surface area contributed by atoms with Crippen LogP contribution in [0.15, 0.2) is 36.4 Å². The number of amides is 1. The number of sulfonamides is 1. The van der Waals surface area contributed by atoms with Gasteiger partial charge in [-0.3, -0.25) is 9.10 Å². The molecule has 2 aromatic rings. The van der Waals surface area contributed by atoms with Crippen LogP contribution < -0.4 is 9.62 Å². The molecule has 0 fully saturated rings. The van der Waals surface area contributed by atoms with Crippen molar-refractivity contribution in [1.82, 2.24) is 0 Å². The van der Waals surface area contributed by atoms with Gasteiger partial charge in [0.05, 0.1) is 11.9 Å². The third-order valence-corrected chi connectivity index (χ3v) is 5.65. The zero-order chi connectivity index (χ0) is 19.6. The van der Waals surface area contributed by atoms with E-state index in [1.54, 1.807) is 25.1 Å². The zero-order valence-electron chi connectivity index (χ0n) is 16.1. The van der Waals surface area contributed by atoms with Gasteiger partial charge in [-0.1, -0.05) is 32.0 Å². The van der Waals surface area contributed by atoms with E-state index in [1.165, 1.54) is 11.4 Å². The fraction of sp³-hybridized carbons (Fsp3) is 0.350. The topological polar surface area (TPSA) is 66.5 Å². The molecule has 26 heavy (non-hydrogen) atoms. The smallest absolute Gasteiger partial charge is 0.255 e. The molecule has 0 aliphatic rings. The van der Waals surface area contributed by atoms with Gasteiger partial charge in [-0.15, -0.1) is 0 Å². The lowest BCUT2D eigenvalue weighted by Crippen LogP contribution is -2.25. The highest BCUT2D eigenvalue weighted by Gasteiger charge is 2.17. The number of para-hydroxylation sites is 1. The first kappa shape index (κ1) is 20.0. The molecule has 0 saturated heterocycles. The Bertz CT molecular complexity index is 934. The summed E-state index contributed by atoms with van der Waals surface area (Å²) in [4.78, 5) is 12.7. The standard InChI is InChI=1S/C20H26N2O3S/c1-13(2)17-9-7-8-14(3)19(17)21-20(23)16-10-11-18(15(4)12-16)22(5)26(6,24)25/h7-13H,1-6H3,(H,21,23). The highest BCUT2D eigenvalue weighted by atomic mass is 32.2. The third-order valence-electron chi connectivity index (χ3n) is 4.46. The highest BCUT2D eigenvalue weighted by Crippen LogP contribution is 2.28. The number of carbonyl (C=O) groups is 1. The van der Waals surface area contributed by atoms with Gasteiger partial charge in [0.1, 0.15) is 0 Å². The first-order valence-electron chi connectivity index (χ1n) is 8.47. The van der Waals surface area contributed by atoms with Crippen LogP contribution in [0, 0.1) is 13.8 Å². The third kappa shape index (κ3) is 4.25. The van der Waals surface area contributed by atoms with Gasteiger partial charge in [0.15, 0.2) is 0 Å².